The van der Waals surface area contributed by atoms with Crippen molar-refractivity contribution in [2.45, 2.75) is 30.8 Å². The van der Waals surface area contributed by atoms with Crippen LogP contribution in [0.15, 0.2) is 0 Å². The molecule has 0 saturated carbocycles. The van der Waals surface area contributed by atoms with E-state index in [-0.39, 0.29) is 0 Å². The van der Waals surface area contributed by atoms with E-state index in [1.165, 1.54) is 0 Å². The lowest BCUT2D eigenvalue weighted by Gasteiger charge is -2.54. The standard InChI is InChI=1S/C9H11NO5/c11-6-7(12)15-9(14-6)8(5-10-9)3-1-2-4-13-8/h10H,1-5H2. The Kier molecular flexibility index (Phi) is 1.64. The third-order valence-corrected chi connectivity index (χ3v) is 3.20. The highest BCUT2D eigenvalue weighted by Gasteiger charge is 2.71. The molecule has 82 valence electrons. The molecule has 0 aliphatic carbocycles. The molecule has 2 spiro atoms. The zero-order chi connectivity index (χ0) is 10.5. The molecule has 0 radical (unpaired) electrons. The van der Waals surface area contributed by atoms with Crippen LogP contribution in [0.1, 0.15) is 19.3 Å². The average Bonchev–Trinajstić information content (AvgIpc) is 2.58. The predicted molar refractivity (Wildman–Crippen MR) is 45.5 cm³/mol. The fraction of sp³-hybridized carbons (Fsp3) is 0.778. The Morgan fingerprint density at radius 1 is 1.13 bits per heavy atom. The highest BCUT2D eigenvalue weighted by atomic mass is 16.8. The SMILES string of the molecule is O=C1OC2(NCC23CCCCO3)OC1=O. The molecule has 3 saturated heterocycles. The predicted octanol–water partition coefficient (Wildman–Crippen LogP) is -0.717. The summed E-state index contributed by atoms with van der Waals surface area (Å²) in [6.45, 7) is 1.16. The van der Waals surface area contributed by atoms with Crippen molar-refractivity contribution in [2.75, 3.05) is 13.2 Å². The monoisotopic (exact) mass is 213 g/mol. The fourth-order valence-corrected chi connectivity index (χ4v) is 2.30. The summed E-state index contributed by atoms with van der Waals surface area (Å²) in [6.07, 6.45) is 2.71. The first-order valence-electron chi connectivity index (χ1n) is 5.03. The Morgan fingerprint density at radius 3 is 2.33 bits per heavy atom. The van der Waals surface area contributed by atoms with E-state index in [2.05, 4.69) is 5.32 Å². The molecule has 0 bridgehead atoms. The molecule has 6 nitrogen and oxygen atoms in total. The molecule has 0 aromatic rings. The molecule has 15 heavy (non-hydrogen) atoms. The van der Waals surface area contributed by atoms with Crippen LogP contribution in [0.5, 0.6) is 0 Å². The van der Waals surface area contributed by atoms with Crippen LogP contribution in [0.3, 0.4) is 0 Å². The molecule has 0 amide bonds. The number of carbonyl (C=O) groups is 2. The van der Waals surface area contributed by atoms with Crippen molar-refractivity contribution in [2.24, 2.45) is 0 Å². The van der Waals surface area contributed by atoms with Crippen molar-refractivity contribution in [3.05, 3.63) is 0 Å². The summed E-state index contributed by atoms with van der Waals surface area (Å²) in [4.78, 5) is 22.0. The second-order valence-corrected chi connectivity index (χ2v) is 4.05. The first-order chi connectivity index (χ1) is 7.18. The van der Waals surface area contributed by atoms with Crippen LogP contribution in [0, 0.1) is 0 Å². The second-order valence-electron chi connectivity index (χ2n) is 4.05. The Labute approximate surface area is 85.9 Å². The highest BCUT2D eigenvalue weighted by Crippen LogP contribution is 2.45. The summed E-state index contributed by atoms with van der Waals surface area (Å²) in [5, 5.41) is 2.83. The minimum atomic E-state index is -1.35. The minimum Gasteiger partial charge on any atom is -0.397 e. The third kappa shape index (κ3) is 1.00. The number of nitrogens with one attached hydrogen (secondary N) is 1. The molecule has 0 aromatic carbocycles. The van der Waals surface area contributed by atoms with E-state index in [9.17, 15) is 9.59 Å². The van der Waals surface area contributed by atoms with Crippen LogP contribution in [-0.2, 0) is 23.8 Å². The van der Waals surface area contributed by atoms with Crippen LogP contribution < -0.4 is 5.32 Å². The maximum atomic E-state index is 11.0. The molecule has 1 N–H and O–H groups in total. The van der Waals surface area contributed by atoms with Gasteiger partial charge < -0.3 is 14.2 Å². The molecular weight excluding hydrogens is 202 g/mol. The topological polar surface area (TPSA) is 73.9 Å². The van der Waals surface area contributed by atoms with E-state index in [1.807, 2.05) is 0 Å². The summed E-state index contributed by atoms with van der Waals surface area (Å²) in [5.74, 6) is -3.24. The van der Waals surface area contributed by atoms with Crippen molar-refractivity contribution in [1.82, 2.24) is 5.32 Å². The van der Waals surface area contributed by atoms with Gasteiger partial charge in [0.05, 0.1) is 0 Å². The lowest BCUT2D eigenvalue weighted by atomic mass is 9.83. The van der Waals surface area contributed by atoms with Crippen LogP contribution in [0.2, 0.25) is 0 Å². The summed E-state index contributed by atoms with van der Waals surface area (Å²) in [5.41, 5.74) is -0.660. The van der Waals surface area contributed by atoms with E-state index in [0.717, 1.165) is 19.3 Å². The van der Waals surface area contributed by atoms with E-state index in [1.54, 1.807) is 0 Å². The number of hydrogen-bond donors (Lipinski definition) is 1. The number of hydrogen-bond acceptors (Lipinski definition) is 6. The van der Waals surface area contributed by atoms with Crippen LogP contribution in [0.25, 0.3) is 0 Å². The molecule has 3 aliphatic rings. The van der Waals surface area contributed by atoms with Crippen LogP contribution in [-0.4, -0.2) is 36.6 Å². The van der Waals surface area contributed by atoms with Gasteiger partial charge in [-0.3, -0.25) is 0 Å². The van der Waals surface area contributed by atoms with Gasteiger partial charge in [0, 0.05) is 13.2 Å². The van der Waals surface area contributed by atoms with Gasteiger partial charge in [0.25, 0.3) is 0 Å². The summed E-state index contributed by atoms with van der Waals surface area (Å²) in [7, 11) is 0. The molecular formula is C9H11NO5. The summed E-state index contributed by atoms with van der Waals surface area (Å²) in [6, 6.07) is 0. The number of rotatable bonds is 0. The first kappa shape index (κ1) is 9.11. The van der Waals surface area contributed by atoms with Crippen molar-refractivity contribution in [3.63, 3.8) is 0 Å². The van der Waals surface area contributed by atoms with Gasteiger partial charge in [0.1, 0.15) is 0 Å². The quantitative estimate of drug-likeness (QED) is 0.423. The first-order valence-corrected chi connectivity index (χ1v) is 5.03. The molecule has 0 aromatic heterocycles. The number of ether oxygens (including phenoxy) is 3. The summed E-state index contributed by atoms with van der Waals surface area (Å²) >= 11 is 0. The molecule has 1 atom stereocenters. The maximum Gasteiger partial charge on any atom is 0.422 e. The largest absolute Gasteiger partial charge is 0.422 e. The van der Waals surface area contributed by atoms with Crippen molar-refractivity contribution >= 4 is 11.9 Å². The molecule has 1 unspecified atom stereocenters. The normalized spacial score (nSPS) is 37.6. The molecule has 3 heterocycles. The van der Waals surface area contributed by atoms with Gasteiger partial charge in [-0.05, 0) is 19.3 Å². The Balaban J connectivity index is 1.87. The lowest BCUT2D eigenvalue weighted by molar-refractivity contribution is -0.347. The van der Waals surface area contributed by atoms with Gasteiger partial charge in [-0.2, -0.15) is 0 Å². The Hall–Kier alpha value is -1.14. The van der Waals surface area contributed by atoms with Crippen molar-refractivity contribution < 1.29 is 23.8 Å². The fourth-order valence-electron chi connectivity index (χ4n) is 2.30. The Bertz CT molecular complexity index is 317. The second kappa shape index (κ2) is 2.70. The third-order valence-electron chi connectivity index (χ3n) is 3.20. The zero-order valence-corrected chi connectivity index (χ0v) is 8.08. The Morgan fingerprint density at radius 2 is 1.87 bits per heavy atom. The van der Waals surface area contributed by atoms with Crippen LogP contribution in [0.4, 0.5) is 0 Å². The zero-order valence-electron chi connectivity index (χ0n) is 8.08. The minimum absolute atomic E-state index is 0.549. The molecule has 3 fully saturated rings. The summed E-state index contributed by atoms with van der Waals surface area (Å²) < 4.78 is 15.5. The van der Waals surface area contributed by atoms with Crippen molar-refractivity contribution in [1.29, 1.82) is 0 Å². The van der Waals surface area contributed by atoms with E-state index < -0.39 is 23.5 Å². The van der Waals surface area contributed by atoms with Gasteiger partial charge in [-0.1, -0.05) is 0 Å². The highest BCUT2D eigenvalue weighted by molar-refractivity contribution is 6.31. The van der Waals surface area contributed by atoms with Gasteiger partial charge in [-0.15, -0.1) is 0 Å². The number of fused-ring (bicyclic) bond motifs is 1. The number of carbonyl (C=O) groups excluding carboxylic acids is 2. The lowest BCUT2D eigenvalue weighted by Crippen LogP contribution is -2.80. The van der Waals surface area contributed by atoms with Gasteiger partial charge in [0.2, 0.25) is 0 Å². The van der Waals surface area contributed by atoms with Crippen molar-refractivity contribution in [3.8, 4) is 0 Å². The molecule has 3 aliphatic heterocycles. The van der Waals surface area contributed by atoms with Gasteiger partial charge in [-0.25, -0.2) is 14.9 Å². The van der Waals surface area contributed by atoms with Crippen LogP contribution >= 0.6 is 0 Å². The van der Waals surface area contributed by atoms with Gasteiger partial charge >= 0.3 is 17.8 Å². The average molecular weight is 213 g/mol. The van der Waals surface area contributed by atoms with E-state index in [4.69, 9.17) is 14.2 Å². The number of esters is 2. The smallest absolute Gasteiger partial charge is 0.397 e. The van der Waals surface area contributed by atoms with Gasteiger partial charge in [0.15, 0.2) is 5.60 Å². The molecule has 3 rings (SSSR count). The van der Waals surface area contributed by atoms with E-state index in [0.29, 0.717) is 13.2 Å². The molecule has 6 heteroatoms. The van der Waals surface area contributed by atoms with E-state index >= 15 is 0 Å². The maximum absolute atomic E-state index is 11.0.